The van der Waals surface area contributed by atoms with Crippen LogP contribution in [-0.4, -0.2) is 12.4 Å². The van der Waals surface area contributed by atoms with Crippen molar-refractivity contribution < 1.29 is 14.6 Å². The fourth-order valence-electron chi connectivity index (χ4n) is 0.456. The largest absolute Gasteiger partial charge is 0.478 e. The van der Waals surface area contributed by atoms with Crippen molar-refractivity contribution >= 4 is 14.2 Å². The fourth-order valence-corrected chi connectivity index (χ4v) is 1.02. The molecule has 0 aromatic carbocycles. The maximum Gasteiger partial charge on any atom is 0.327 e. The van der Waals surface area contributed by atoms with E-state index in [9.17, 15) is 5.26 Å². The zero-order chi connectivity index (χ0) is 6.91. The molecule has 3 nitrogen and oxygen atoms in total. The highest BCUT2D eigenvalue weighted by atomic mass is 31.1. The van der Waals surface area contributed by atoms with Gasteiger partial charge in [-0.05, 0) is 0 Å². The molecule has 0 saturated carbocycles. The van der Waals surface area contributed by atoms with E-state index in [0.29, 0.717) is 15.0 Å². The average molecular weight is 148 g/mol. The van der Waals surface area contributed by atoms with Crippen LogP contribution in [0.2, 0.25) is 0 Å². The predicted molar refractivity (Wildman–Crippen MR) is 33.8 cm³/mol. The monoisotopic (exact) mass is 148 g/mol. The second-order valence-electron chi connectivity index (χ2n) is 2.70. The van der Waals surface area contributed by atoms with Gasteiger partial charge >= 0.3 is 8.43 Å². The standard InChI is InChI=1S/C5H9O3P/c1-5(2)3-7-8(6)9-4-5/h4H,3H2,1-2H3. The van der Waals surface area contributed by atoms with Crippen LogP contribution in [0.5, 0.6) is 0 Å². The molecule has 0 aromatic rings. The first-order valence-corrected chi connectivity index (χ1v) is 3.59. The molecule has 0 N–H and O–H groups in total. The first-order valence-electron chi connectivity index (χ1n) is 2.71. The Morgan fingerprint density at radius 2 is 2.44 bits per heavy atom. The lowest BCUT2D eigenvalue weighted by atomic mass is 9.99. The van der Waals surface area contributed by atoms with E-state index in [4.69, 9.17) is 0 Å². The molecule has 1 heterocycles. The molecule has 1 aliphatic heterocycles. The van der Waals surface area contributed by atoms with Crippen LogP contribution in [-0.2, 0) is 9.34 Å². The minimum atomic E-state index is 0.0372. The molecule has 0 radical (unpaired) electrons. The zero-order valence-corrected chi connectivity index (χ0v) is 6.35. The molecule has 0 fully saturated rings. The zero-order valence-electron chi connectivity index (χ0n) is 5.46. The van der Waals surface area contributed by atoms with Crippen molar-refractivity contribution in [2.45, 2.75) is 13.8 Å². The van der Waals surface area contributed by atoms with E-state index in [0.717, 1.165) is 0 Å². The van der Waals surface area contributed by atoms with Crippen LogP contribution in [0, 0.1) is 5.41 Å². The lowest BCUT2D eigenvalue weighted by molar-refractivity contribution is -0.846. The Labute approximate surface area is 55.7 Å². The Hall–Kier alpha value is 0.0500. The summed E-state index contributed by atoms with van der Waals surface area (Å²) in [4.78, 5) is 4.64. The molecule has 0 saturated heterocycles. The SMILES string of the molecule is CC1(C)C=P[O+]([O-])OC1. The highest BCUT2D eigenvalue weighted by molar-refractivity contribution is 7.33. The van der Waals surface area contributed by atoms with E-state index in [1.165, 1.54) is 4.46 Å². The topological polar surface area (TPSA) is 35.0 Å². The fraction of sp³-hybridized carbons (Fsp3) is 0.800. The number of rotatable bonds is 0. The Kier molecular flexibility index (Phi) is 1.87. The Bertz CT molecular complexity index is 132. The van der Waals surface area contributed by atoms with Crippen LogP contribution in [0.1, 0.15) is 13.8 Å². The van der Waals surface area contributed by atoms with Gasteiger partial charge in [-0.1, -0.05) is 18.7 Å². The Morgan fingerprint density at radius 3 is 2.78 bits per heavy atom. The van der Waals surface area contributed by atoms with Crippen molar-refractivity contribution in [1.29, 1.82) is 0 Å². The van der Waals surface area contributed by atoms with Gasteiger partial charge in [-0.2, -0.15) is 4.46 Å². The van der Waals surface area contributed by atoms with Crippen molar-refractivity contribution in [3.05, 3.63) is 0 Å². The molecule has 0 spiro atoms. The summed E-state index contributed by atoms with van der Waals surface area (Å²) in [6.07, 6.45) is 0. The van der Waals surface area contributed by atoms with Crippen LogP contribution in [0.15, 0.2) is 0 Å². The van der Waals surface area contributed by atoms with Crippen LogP contribution < -0.4 is 5.26 Å². The molecule has 0 aliphatic carbocycles. The summed E-state index contributed by atoms with van der Waals surface area (Å²) >= 11 is 0. The molecular weight excluding hydrogens is 139 g/mol. The second kappa shape index (κ2) is 2.35. The summed E-state index contributed by atoms with van der Waals surface area (Å²) in [6, 6.07) is 0. The van der Waals surface area contributed by atoms with E-state index in [1.807, 2.05) is 19.6 Å². The summed E-state index contributed by atoms with van der Waals surface area (Å²) in [5.41, 5.74) is 0.0372. The van der Waals surface area contributed by atoms with Crippen molar-refractivity contribution in [3.8, 4) is 0 Å². The van der Waals surface area contributed by atoms with Crippen LogP contribution >= 0.6 is 8.43 Å². The van der Waals surface area contributed by atoms with Gasteiger partial charge in [0, 0.05) is 11.2 Å². The predicted octanol–water partition coefficient (Wildman–Crippen LogP) is 0.449. The van der Waals surface area contributed by atoms with E-state index in [-0.39, 0.29) is 5.41 Å². The van der Waals surface area contributed by atoms with Gasteiger partial charge in [0.05, 0.1) is 0 Å². The maximum atomic E-state index is 10.3. The third-order valence-corrected chi connectivity index (χ3v) is 2.10. The summed E-state index contributed by atoms with van der Waals surface area (Å²) in [5.74, 6) is 1.90. The first kappa shape index (κ1) is 7.16. The molecule has 0 unspecified atom stereocenters. The minimum Gasteiger partial charge on any atom is -0.478 e. The molecule has 1 rings (SSSR count). The third kappa shape index (κ3) is 2.03. The molecule has 0 bridgehead atoms. The summed E-state index contributed by atoms with van der Waals surface area (Å²) in [7, 11) is 0.523. The minimum absolute atomic E-state index is 0.0372. The summed E-state index contributed by atoms with van der Waals surface area (Å²) in [6.45, 7) is 4.50. The quantitative estimate of drug-likeness (QED) is 0.284. The molecule has 0 amide bonds. The van der Waals surface area contributed by atoms with Gasteiger partial charge < -0.3 is 5.26 Å². The van der Waals surface area contributed by atoms with Crippen molar-refractivity contribution in [2.75, 3.05) is 6.61 Å². The molecule has 4 heteroatoms. The van der Waals surface area contributed by atoms with Crippen LogP contribution in [0.25, 0.3) is 0 Å². The number of hydrogen-bond acceptors (Lipinski definition) is 2. The van der Waals surface area contributed by atoms with Gasteiger partial charge in [0.2, 0.25) is 0 Å². The molecule has 0 aromatic heterocycles. The summed E-state index contributed by atoms with van der Waals surface area (Å²) < 4.78 is 1.28. The third-order valence-electron chi connectivity index (χ3n) is 1.02. The lowest BCUT2D eigenvalue weighted by Crippen LogP contribution is -2.30. The maximum absolute atomic E-state index is 10.3. The van der Waals surface area contributed by atoms with E-state index in [2.05, 4.69) is 4.89 Å². The number of hydrogen-bond donors (Lipinski definition) is 0. The average Bonchev–Trinajstić information content (AvgIpc) is 1.78. The smallest absolute Gasteiger partial charge is 0.327 e. The lowest BCUT2D eigenvalue weighted by Gasteiger charge is -2.23. The van der Waals surface area contributed by atoms with Crippen LogP contribution in [0.4, 0.5) is 0 Å². The molecule has 52 valence electrons. The van der Waals surface area contributed by atoms with Crippen molar-refractivity contribution in [3.63, 3.8) is 0 Å². The van der Waals surface area contributed by atoms with Gasteiger partial charge in [-0.25, -0.2) is 0 Å². The highest BCUT2D eigenvalue weighted by Gasteiger charge is 2.24. The van der Waals surface area contributed by atoms with Gasteiger partial charge in [0.1, 0.15) is 6.61 Å². The molecule has 0 atom stereocenters. The van der Waals surface area contributed by atoms with Gasteiger partial charge in [-0.15, -0.1) is 0 Å². The summed E-state index contributed by atoms with van der Waals surface area (Å²) in [5, 5.41) is 10.3. The van der Waals surface area contributed by atoms with E-state index < -0.39 is 0 Å². The van der Waals surface area contributed by atoms with Gasteiger partial charge in [-0.3, -0.25) is 0 Å². The van der Waals surface area contributed by atoms with Gasteiger partial charge in [0.25, 0.3) is 0 Å². The molecular formula is C5H9O3P. The molecule has 9 heavy (non-hydrogen) atoms. The highest BCUT2D eigenvalue weighted by Crippen LogP contribution is 2.24. The second-order valence-corrected chi connectivity index (χ2v) is 3.47. The first-order chi connectivity index (χ1) is 4.10. The van der Waals surface area contributed by atoms with Crippen molar-refractivity contribution in [2.24, 2.45) is 5.41 Å². The van der Waals surface area contributed by atoms with Gasteiger partial charge in [0.15, 0.2) is 0 Å². The Morgan fingerprint density at radius 1 is 1.78 bits per heavy atom. The molecule has 1 aliphatic rings. The van der Waals surface area contributed by atoms with E-state index in [1.54, 1.807) is 0 Å². The normalized spacial score (nSPS) is 28.3. The van der Waals surface area contributed by atoms with Crippen LogP contribution in [0.3, 0.4) is 0 Å². The Balaban J connectivity index is 2.58. The van der Waals surface area contributed by atoms with Crippen molar-refractivity contribution in [1.82, 2.24) is 0 Å². The van der Waals surface area contributed by atoms with E-state index >= 15 is 0 Å².